The van der Waals surface area contributed by atoms with Gasteiger partial charge in [0.05, 0.1) is 17.7 Å². The Balaban J connectivity index is 2.12. The summed E-state index contributed by atoms with van der Waals surface area (Å²) in [6.07, 6.45) is 0. The van der Waals surface area contributed by atoms with Crippen LogP contribution in [0, 0.1) is 6.92 Å². The second kappa shape index (κ2) is 7.19. The van der Waals surface area contributed by atoms with Gasteiger partial charge in [0.25, 0.3) is 5.91 Å². The van der Waals surface area contributed by atoms with Crippen molar-refractivity contribution < 1.29 is 9.53 Å². The number of hydrogen-bond donors (Lipinski definition) is 1. The van der Waals surface area contributed by atoms with Crippen molar-refractivity contribution in [2.45, 2.75) is 6.92 Å². The van der Waals surface area contributed by atoms with Gasteiger partial charge in [-0.1, -0.05) is 48.0 Å². The molecule has 1 N–H and O–H groups in total. The normalized spacial score (nSPS) is 10.8. The highest BCUT2D eigenvalue weighted by Crippen LogP contribution is 2.27. The number of carbonyl (C=O) groups is 1. The van der Waals surface area contributed by atoms with E-state index in [-0.39, 0.29) is 5.91 Å². The number of benzene rings is 2. The third-order valence-electron chi connectivity index (χ3n) is 3.81. The van der Waals surface area contributed by atoms with Crippen LogP contribution in [0.15, 0.2) is 48.5 Å². The Kier molecular flexibility index (Phi) is 4.82. The molecule has 1 heterocycles. The summed E-state index contributed by atoms with van der Waals surface area (Å²) in [5.41, 5.74) is 3.85. The van der Waals surface area contributed by atoms with Crippen molar-refractivity contribution in [1.82, 2.24) is 15.5 Å². The molecule has 0 saturated heterocycles. The van der Waals surface area contributed by atoms with E-state index in [1.54, 1.807) is 7.11 Å². The number of ether oxygens (including phenoxy) is 1. The van der Waals surface area contributed by atoms with E-state index in [4.69, 9.17) is 4.74 Å². The molecule has 24 heavy (non-hydrogen) atoms. The molecule has 0 aliphatic heterocycles. The van der Waals surface area contributed by atoms with Crippen molar-refractivity contribution in [3.63, 3.8) is 0 Å². The minimum Gasteiger partial charge on any atom is -0.383 e. The molecule has 0 spiro atoms. The summed E-state index contributed by atoms with van der Waals surface area (Å²) in [7, 11) is 1.60. The molecule has 2 aromatic carbocycles. The number of amides is 1. The van der Waals surface area contributed by atoms with Gasteiger partial charge in [-0.05, 0) is 13.0 Å². The molecule has 3 aromatic rings. The lowest BCUT2D eigenvalue weighted by Crippen LogP contribution is -2.28. The van der Waals surface area contributed by atoms with Crippen LogP contribution >= 0.6 is 0 Å². The summed E-state index contributed by atoms with van der Waals surface area (Å²) in [5.74, 6) is -0.172. The van der Waals surface area contributed by atoms with Crippen molar-refractivity contribution in [2.75, 3.05) is 20.3 Å². The molecule has 0 saturated carbocycles. The highest BCUT2D eigenvalue weighted by molar-refractivity contribution is 6.10. The molecule has 0 bridgehead atoms. The third-order valence-corrected chi connectivity index (χ3v) is 3.81. The van der Waals surface area contributed by atoms with E-state index in [0.717, 1.165) is 16.5 Å². The van der Waals surface area contributed by atoms with Gasteiger partial charge < -0.3 is 10.1 Å². The van der Waals surface area contributed by atoms with Gasteiger partial charge in [0.1, 0.15) is 5.69 Å². The zero-order chi connectivity index (χ0) is 16.9. The summed E-state index contributed by atoms with van der Waals surface area (Å²) in [6, 6.07) is 15.4. The summed E-state index contributed by atoms with van der Waals surface area (Å²) in [6.45, 7) is 2.93. The number of aryl methyl sites for hydroxylation is 1. The Hall–Kier alpha value is -2.79. The molecule has 3 rings (SSSR count). The van der Waals surface area contributed by atoms with Crippen molar-refractivity contribution >= 4 is 16.8 Å². The first kappa shape index (κ1) is 16.1. The standard InChI is InChI=1S/C19H19N3O2/c1-13-7-9-14(10-8-13)18-17(19(23)20-11-12-24-2)15-5-3-4-6-16(15)21-22-18/h3-10H,11-12H2,1-2H3,(H,20,23). The van der Waals surface area contributed by atoms with Crippen LogP contribution in [0.5, 0.6) is 0 Å². The van der Waals surface area contributed by atoms with Gasteiger partial charge in [-0.3, -0.25) is 4.79 Å². The minimum atomic E-state index is -0.172. The highest BCUT2D eigenvalue weighted by atomic mass is 16.5. The van der Waals surface area contributed by atoms with Crippen LogP contribution in [0.2, 0.25) is 0 Å². The molecule has 0 fully saturated rings. The van der Waals surface area contributed by atoms with Gasteiger partial charge in [-0.25, -0.2) is 0 Å². The number of aromatic nitrogens is 2. The van der Waals surface area contributed by atoms with Crippen LogP contribution in [0.4, 0.5) is 0 Å². The maximum absolute atomic E-state index is 12.8. The fourth-order valence-electron chi connectivity index (χ4n) is 2.55. The molecule has 0 atom stereocenters. The van der Waals surface area contributed by atoms with Gasteiger partial charge in [-0.2, -0.15) is 0 Å². The predicted octanol–water partition coefficient (Wildman–Crippen LogP) is 2.98. The lowest BCUT2D eigenvalue weighted by molar-refractivity contribution is 0.0939. The summed E-state index contributed by atoms with van der Waals surface area (Å²) >= 11 is 0. The van der Waals surface area contributed by atoms with Crippen LogP contribution in [0.1, 0.15) is 15.9 Å². The van der Waals surface area contributed by atoms with E-state index in [9.17, 15) is 4.79 Å². The Morgan fingerprint density at radius 2 is 1.83 bits per heavy atom. The number of rotatable bonds is 5. The first-order valence-corrected chi connectivity index (χ1v) is 7.80. The van der Waals surface area contributed by atoms with Crippen LogP contribution in [0.25, 0.3) is 22.2 Å². The molecule has 0 aliphatic carbocycles. The second-order valence-corrected chi connectivity index (χ2v) is 5.56. The molecule has 0 unspecified atom stereocenters. The van der Waals surface area contributed by atoms with E-state index in [1.165, 1.54) is 0 Å². The Labute approximate surface area is 140 Å². The molecule has 122 valence electrons. The van der Waals surface area contributed by atoms with Crippen LogP contribution in [0.3, 0.4) is 0 Å². The lowest BCUT2D eigenvalue weighted by atomic mass is 10.0. The smallest absolute Gasteiger partial charge is 0.254 e. The Morgan fingerprint density at radius 1 is 1.08 bits per heavy atom. The number of nitrogens with one attached hydrogen (secondary N) is 1. The van der Waals surface area contributed by atoms with Crippen molar-refractivity contribution in [3.8, 4) is 11.3 Å². The van der Waals surface area contributed by atoms with Gasteiger partial charge in [-0.15, -0.1) is 10.2 Å². The first-order chi connectivity index (χ1) is 11.7. The number of hydrogen-bond acceptors (Lipinski definition) is 4. The second-order valence-electron chi connectivity index (χ2n) is 5.56. The van der Waals surface area contributed by atoms with E-state index < -0.39 is 0 Å². The van der Waals surface area contributed by atoms with Gasteiger partial charge >= 0.3 is 0 Å². The number of carbonyl (C=O) groups excluding carboxylic acids is 1. The van der Waals surface area contributed by atoms with Gasteiger partial charge in [0.2, 0.25) is 0 Å². The fourth-order valence-corrected chi connectivity index (χ4v) is 2.55. The predicted molar refractivity (Wildman–Crippen MR) is 93.9 cm³/mol. The Morgan fingerprint density at radius 3 is 2.58 bits per heavy atom. The zero-order valence-electron chi connectivity index (χ0n) is 13.7. The van der Waals surface area contributed by atoms with Crippen molar-refractivity contribution in [3.05, 3.63) is 59.7 Å². The quantitative estimate of drug-likeness (QED) is 0.734. The molecule has 0 aliphatic rings. The maximum atomic E-state index is 12.8. The fraction of sp³-hybridized carbons (Fsp3) is 0.211. The first-order valence-electron chi connectivity index (χ1n) is 7.80. The molecular weight excluding hydrogens is 302 g/mol. The third kappa shape index (κ3) is 3.26. The molecule has 5 nitrogen and oxygen atoms in total. The van der Waals surface area contributed by atoms with E-state index in [1.807, 2.05) is 55.5 Å². The lowest BCUT2D eigenvalue weighted by Gasteiger charge is -2.12. The zero-order valence-corrected chi connectivity index (χ0v) is 13.7. The summed E-state index contributed by atoms with van der Waals surface area (Å²) < 4.78 is 5.00. The van der Waals surface area contributed by atoms with Crippen LogP contribution < -0.4 is 5.32 Å². The van der Waals surface area contributed by atoms with Crippen LogP contribution in [-0.4, -0.2) is 36.4 Å². The van der Waals surface area contributed by atoms with E-state index in [0.29, 0.717) is 29.9 Å². The van der Waals surface area contributed by atoms with Gasteiger partial charge in [0, 0.05) is 24.6 Å². The molecular formula is C19H19N3O2. The number of methoxy groups -OCH3 is 1. The number of fused-ring (bicyclic) bond motifs is 1. The monoisotopic (exact) mass is 321 g/mol. The minimum absolute atomic E-state index is 0.172. The molecule has 1 aromatic heterocycles. The number of nitrogens with zero attached hydrogens (tertiary/aromatic N) is 2. The average molecular weight is 321 g/mol. The largest absolute Gasteiger partial charge is 0.383 e. The molecule has 1 amide bonds. The SMILES string of the molecule is COCCNC(=O)c1c(-c2ccc(C)cc2)nnc2ccccc12. The Bertz CT molecular complexity index is 860. The van der Waals surface area contributed by atoms with E-state index >= 15 is 0 Å². The van der Waals surface area contributed by atoms with Crippen molar-refractivity contribution in [1.29, 1.82) is 0 Å². The summed E-state index contributed by atoms with van der Waals surface area (Å²) in [5, 5.41) is 12.3. The topological polar surface area (TPSA) is 64.1 Å². The van der Waals surface area contributed by atoms with Crippen molar-refractivity contribution in [2.24, 2.45) is 0 Å². The highest BCUT2D eigenvalue weighted by Gasteiger charge is 2.18. The molecule has 5 heteroatoms. The van der Waals surface area contributed by atoms with E-state index in [2.05, 4.69) is 15.5 Å². The van der Waals surface area contributed by atoms with Crippen LogP contribution in [-0.2, 0) is 4.74 Å². The average Bonchev–Trinajstić information content (AvgIpc) is 2.61. The maximum Gasteiger partial charge on any atom is 0.254 e. The summed E-state index contributed by atoms with van der Waals surface area (Å²) in [4.78, 5) is 12.8. The molecule has 0 radical (unpaired) electrons. The van der Waals surface area contributed by atoms with Gasteiger partial charge in [0.15, 0.2) is 0 Å².